The smallest absolute Gasteiger partial charge is 0.308 e. The molecule has 52 heavy (non-hydrogen) atoms. The van der Waals surface area contributed by atoms with Gasteiger partial charge in [0.2, 0.25) is 0 Å². The van der Waals surface area contributed by atoms with Crippen molar-refractivity contribution >= 4 is 29.7 Å². The number of anilines is 1. The van der Waals surface area contributed by atoms with E-state index >= 15 is 0 Å². The van der Waals surface area contributed by atoms with Crippen molar-refractivity contribution in [1.29, 1.82) is 0 Å². The molecule has 0 saturated heterocycles. The van der Waals surface area contributed by atoms with Crippen LogP contribution in [-0.4, -0.2) is 53.6 Å². The van der Waals surface area contributed by atoms with E-state index in [9.17, 15) is 19.2 Å². The van der Waals surface area contributed by atoms with E-state index < -0.39 is 17.1 Å². The highest BCUT2D eigenvalue weighted by Gasteiger charge is 2.19. The highest BCUT2D eigenvalue weighted by Crippen LogP contribution is 2.33. The summed E-state index contributed by atoms with van der Waals surface area (Å²) < 4.78 is 17.3. The average molecular weight is 701 g/mol. The lowest BCUT2D eigenvalue weighted by Gasteiger charge is -2.29. The number of aromatic amines is 1. The number of amides is 1. The molecule has 11 nitrogen and oxygen atoms in total. The molecule has 0 fully saturated rings. The summed E-state index contributed by atoms with van der Waals surface area (Å²) in [5.41, 5.74) is 5.14. The van der Waals surface area contributed by atoms with Crippen molar-refractivity contribution in [2.45, 2.75) is 26.3 Å². The summed E-state index contributed by atoms with van der Waals surface area (Å²) in [5, 5.41) is 3.18. The average Bonchev–Trinajstić information content (AvgIpc) is 3.15. The van der Waals surface area contributed by atoms with Crippen LogP contribution >= 0.6 is 0 Å². The molecule has 1 aromatic heterocycles. The number of H-pyrrole nitrogens is 1. The Morgan fingerprint density at radius 1 is 0.865 bits per heavy atom. The number of nitrogens with one attached hydrogen (secondary N) is 2. The van der Waals surface area contributed by atoms with Crippen LogP contribution in [0.5, 0.6) is 17.2 Å². The van der Waals surface area contributed by atoms with Crippen molar-refractivity contribution < 1.29 is 23.8 Å². The van der Waals surface area contributed by atoms with Gasteiger partial charge in [0.05, 0.1) is 14.2 Å². The number of esters is 1. The van der Waals surface area contributed by atoms with Crippen LogP contribution in [0, 0.1) is 0 Å². The van der Waals surface area contributed by atoms with Gasteiger partial charge in [0.25, 0.3) is 17.0 Å². The van der Waals surface area contributed by atoms with E-state index in [2.05, 4.69) is 27.3 Å². The van der Waals surface area contributed by atoms with Gasteiger partial charge in [-0.3, -0.25) is 24.1 Å². The molecule has 6 rings (SSSR count). The fourth-order valence-electron chi connectivity index (χ4n) is 6.21. The molecule has 0 aliphatic carbocycles. The number of benzene rings is 4. The molecule has 0 spiro atoms. The SMILES string of the molecule is COc1cc2c(cc1OC)CN(CCc1ccc(NC(=O)c3cccc(/C=c4\[nH]c(=O)/c(=C/c5ccc(OC(C)=O)cc5)n(C)c4=O)c3)cc1)CC2. The molecule has 2 N–H and O–H groups in total. The van der Waals surface area contributed by atoms with Crippen LogP contribution in [0.15, 0.2) is 94.5 Å². The molecular formula is C41H40N4O7. The third-order valence-electron chi connectivity index (χ3n) is 9.01. The van der Waals surface area contributed by atoms with Crippen LogP contribution in [0.3, 0.4) is 0 Å². The molecular weight excluding hydrogens is 660 g/mol. The number of methoxy groups -OCH3 is 2. The van der Waals surface area contributed by atoms with Crippen molar-refractivity contribution in [3.8, 4) is 17.2 Å². The van der Waals surface area contributed by atoms with E-state index in [1.807, 2.05) is 24.3 Å². The van der Waals surface area contributed by atoms with Crippen molar-refractivity contribution in [2.75, 3.05) is 32.6 Å². The number of hydrogen-bond donors (Lipinski definition) is 2. The largest absolute Gasteiger partial charge is 0.493 e. The van der Waals surface area contributed by atoms with E-state index in [1.165, 1.54) is 35.2 Å². The first-order valence-electron chi connectivity index (χ1n) is 16.9. The zero-order chi connectivity index (χ0) is 36.8. The zero-order valence-electron chi connectivity index (χ0n) is 29.5. The normalized spacial score (nSPS) is 13.4. The third kappa shape index (κ3) is 8.39. The zero-order valence-corrected chi connectivity index (χ0v) is 29.5. The summed E-state index contributed by atoms with van der Waals surface area (Å²) in [7, 11) is 4.83. The molecule has 1 aliphatic heterocycles. The van der Waals surface area contributed by atoms with Gasteiger partial charge in [-0.25, -0.2) is 0 Å². The van der Waals surface area contributed by atoms with Crippen molar-refractivity contribution in [2.24, 2.45) is 7.05 Å². The lowest BCUT2D eigenvalue weighted by atomic mass is 9.98. The van der Waals surface area contributed by atoms with Crippen LogP contribution in [-0.2, 0) is 31.2 Å². The summed E-state index contributed by atoms with van der Waals surface area (Å²) in [4.78, 5) is 55.7. The molecule has 1 aliphatic rings. The molecule has 2 heterocycles. The van der Waals surface area contributed by atoms with Gasteiger partial charge in [-0.1, -0.05) is 36.4 Å². The number of hydrogen-bond acceptors (Lipinski definition) is 8. The van der Waals surface area contributed by atoms with Crippen LogP contribution in [0.2, 0.25) is 0 Å². The van der Waals surface area contributed by atoms with Crippen molar-refractivity contribution in [3.05, 3.63) is 150 Å². The van der Waals surface area contributed by atoms with Gasteiger partial charge >= 0.3 is 5.97 Å². The Morgan fingerprint density at radius 3 is 2.27 bits per heavy atom. The van der Waals surface area contributed by atoms with Gasteiger partial charge in [-0.05, 0) is 101 Å². The second-order valence-electron chi connectivity index (χ2n) is 12.6. The molecule has 0 saturated carbocycles. The number of nitrogens with zero attached hydrogens (tertiary/aromatic N) is 2. The van der Waals surface area contributed by atoms with Gasteiger partial charge in [0.15, 0.2) is 11.5 Å². The lowest BCUT2D eigenvalue weighted by Crippen LogP contribution is -2.52. The molecule has 1 amide bonds. The fraction of sp³-hybridized carbons (Fsp3) is 0.220. The first kappa shape index (κ1) is 35.6. The van der Waals surface area contributed by atoms with Crippen LogP contribution in [0.25, 0.3) is 12.2 Å². The maximum atomic E-state index is 13.2. The highest BCUT2D eigenvalue weighted by atomic mass is 16.5. The standard InChI is InChI=1S/C41H40N4O7/c1-26(46)52-34-14-10-28(11-15-34)22-36-40(48)43-35(41(49)44(36)2)21-29-6-5-7-31(20-29)39(47)42-33-12-8-27(9-13-33)16-18-45-19-17-30-23-37(50-3)38(51-4)24-32(30)25-45/h5-15,20-24H,16-19,25H2,1-4H3,(H,42,47)(H,43,48)/b35-21-,36-22-. The Labute approximate surface area is 300 Å². The second-order valence-corrected chi connectivity index (χ2v) is 12.6. The van der Waals surface area contributed by atoms with E-state index in [1.54, 1.807) is 74.9 Å². The van der Waals surface area contributed by atoms with E-state index in [0.717, 1.165) is 44.0 Å². The second kappa shape index (κ2) is 15.8. The molecule has 4 aromatic carbocycles. The number of carbonyl (C=O) groups is 2. The molecule has 0 radical (unpaired) electrons. The number of carbonyl (C=O) groups excluding carboxylic acids is 2. The number of ether oxygens (including phenoxy) is 3. The Bertz CT molecular complexity index is 2360. The Hall–Kier alpha value is -6.20. The predicted octanol–water partition coefficient (Wildman–Crippen LogP) is 3.53. The Morgan fingerprint density at radius 2 is 1.58 bits per heavy atom. The highest BCUT2D eigenvalue weighted by molar-refractivity contribution is 6.04. The molecule has 0 unspecified atom stereocenters. The first-order chi connectivity index (χ1) is 25.1. The van der Waals surface area contributed by atoms with Gasteiger partial charge in [0, 0.05) is 44.9 Å². The summed E-state index contributed by atoms with van der Waals surface area (Å²) in [5.74, 6) is 1.15. The summed E-state index contributed by atoms with van der Waals surface area (Å²) >= 11 is 0. The molecule has 0 atom stereocenters. The quantitative estimate of drug-likeness (QED) is 0.167. The molecule has 5 aromatic rings. The van der Waals surface area contributed by atoms with E-state index in [0.29, 0.717) is 28.1 Å². The molecule has 266 valence electrons. The summed E-state index contributed by atoms with van der Waals surface area (Å²) in [6.07, 6.45) is 4.95. The summed E-state index contributed by atoms with van der Waals surface area (Å²) in [6.45, 7) is 4.04. The number of rotatable bonds is 10. The predicted molar refractivity (Wildman–Crippen MR) is 200 cm³/mol. The maximum absolute atomic E-state index is 13.2. The summed E-state index contributed by atoms with van der Waals surface area (Å²) in [6, 6.07) is 25.4. The minimum Gasteiger partial charge on any atom is -0.493 e. The van der Waals surface area contributed by atoms with Gasteiger partial charge in [0.1, 0.15) is 16.4 Å². The number of aromatic nitrogens is 2. The fourth-order valence-corrected chi connectivity index (χ4v) is 6.21. The Kier molecular flexibility index (Phi) is 10.8. The van der Waals surface area contributed by atoms with Crippen LogP contribution in [0.4, 0.5) is 5.69 Å². The maximum Gasteiger partial charge on any atom is 0.308 e. The van der Waals surface area contributed by atoms with Crippen LogP contribution in [0.1, 0.15) is 45.1 Å². The number of fused-ring (bicyclic) bond motifs is 1. The molecule has 11 heteroatoms. The minimum atomic E-state index is -0.460. The first-order valence-corrected chi connectivity index (χ1v) is 16.9. The topological polar surface area (TPSA) is 132 Å². The van der Waals surface area contributed by atoms with Gasteiger partial charge in [-0.2, -0.15) is 0 Å². The minimum absolute atomic E-state index is 0.0803. The van der Waals surface area contributed by atoms with Gasteiger partial charge < -0.3 is 29.1 Å². The van der Waals surface area contributed by atoms with Crippen molar-refractivity contribution in [3.63, 3.8) is 0 Å². The monoisotopic (exact) mass is 700 g/mol. The van der Waals surface area contributed by atoms with Crippen molar-refractivity contribution in [1.82, 2.24) is 14.5 Å². The third-order valence-corrected chi connectivity index (χ3v) is 9.01. The van der Waals surface area contributed by atoms with E-state index in [-0.39, 0.29) is 16.6 Å². The van der Waals surface area contributed by atoms with Gasteiger partial charge in [-0.15, -0.1) is 0 Å². The van der Waals surface area contributed by atoms with E-state index in [4.69, 9.17) is 14.2 Å². The Balaban J connectivity index is 1.09. The molecule has 0 bridgehead atoms. The lowest BCUT2D eigenvalue weighted by molar-refractivity contribution is -0.131. The van der Waals surface area contributed by atoms with Crippen LogP contribution < -0.4 is 41.3 Å².